The van der Waals surface area contributed by atoms with Crippen LogP contribution in [0.4, 0.5) is 0 Å². The molecule has 3 nitrogen and oxygen atoms in total. The van der Waals surface area contributed by atoms with Gasteiger partial charge in [-0.1, -0.05) is 97.9 Å². The van der Waals surface area contributed by atoms with Gasteiger partial charge in [0.15, 0.2) is 0 Å². The SMILES string of the molecule is CCC(C#N)CC=NO[Si](c1ccccc1)(c1ccccc1)c1ccccc1. The van der Waals surface area contributed by atoms with E-state index in [0.29, 0.717) is 6.42 Å². The van der Waals surface area contributed by atoms with Gasteiger partial charge in [0.1, 0.15) is 0 Å². The molecule has 1 unspecified atom stereocenters. The van der Waals surface area contributed by atoms with Crippen LogP contribution < -0.4 is 15.6 Å². The Morgan fingerprint density at radius 1 is 0.857 bits per heavy atom. The minimum absolute atomic E-state index is 0.0337. The standard InChI is InChI=1S/C24H24N2OSi/c1-2-21(20-25)18-19-26-27-28(22-12-6-3-7-13-22,23-14-8-4-9-15-23)24-16-10-5-11-17-24/h3-17,19,21H,2,18H2,1H3. The first-order valence-electron chi connectivity index (χ1n) is 9.57. The highest BCUT2D eigenvalue weighted by atomic mass is 28.4. The monoisotopic (exact) mass is 384 g/mol. The molecule has 0 N–H and O–H groups in total. The van der Waals surface area contributed by atoms with Gasteiger partial charge < -0.3 is 4.53 Å². The van der Waals surface area contributed by atoms with Crippen molar-refractivity contribution in [3.63, 3.8) is 0 Å². The molecular formula is C24H24N2OSi. The van der Waals surface area contributed by atoms with E-state index in [1.165, 1.54) is 0 Å². The lowest BCUT2D eigenvalue weighted by Crippen LogP contribution is -2.68. The summed E-state index contributed by atoms with van der Waals surface area (Å²) in [5.41, 5.74) is 0. The predicted octanol–water partition coefficient (Wildman–Crippen LogP) is 3.60. The third-order valence-electron chi connectivity index (χ3n) is 4.87. The quantitative estimate of drug-likeness (QED) is 0.258. The second-order valence-electron chi connectivity index (χ2n) is 6.63. The van der Waals surface area contributed by atoms with Gasteiger partial charge in [0.25, 0.3) is 0 Å². The Morgan fingerprint density at radius 3 is 1.64 bits per heavy atom. The van der Waals surface area contributed by atoms with Gasteiger partial charge in [-0.05, 0) is 22.0 Å². The van der Waals surface area contributed by atoms with Crippen molar-refractivity contribution in [1.82, 2.24) is 0 Å². The van der Waals surface area contributed by atoms with Gasteiger partial charge in [0, 0.05) is 12.6 Å². The zero-order chi connectivity index (χ0) is 19.7. The molecule has 0 heterocycles. The maximum atomic E-state index is 9.18. The highest BCUT2D eigenvalue weighted by Crippen LogP contribution is 2.11. The molecule has 140 valence electrons. The second-order valence-corrected chi connectivity index (χ2v) is 9.91. The van der Waals surface area contributed by atoms with Crippen LogP contribution in [0.15, 0.2) is 96.2 Å². The molecule has 3 rings (SSSR count). The number of hydrogen-bond donors (Lipinski definition) is 0. The molecule has 0 fully saturated rings. The third-order valence-corrected chi connectivity index (χ3v) is 8.69. The van der Waals surface area contributed by atoms with Crippen molar-refractivity contribution in [3.05, 3.63) is 91.0 Å². The summed E-state index contributed by atoms with van der Waals surface area (Å²) >= 11 is 0. The predicted molar refractivity (Wildman–Crippen MR) is 118 cm³/mol. The van der Waals surface area contributed by atoms with Gasteiger partial charge in [0.05, 0.1) is 12.0 Å². The lowest BCUT2D eigenvalue weighted by molar-refractivity contribution is 0.349. The zero-order valence-corrected chi connectivity index (χ0v) is 17.0. The van der Waals surface area contributed by atoms with Crippen molar-refractivity contribution < 1.29 is 4.53 Å². The molecule has 0 bridgehead atoms. The molecule has 0 radical (unpaired) electrons. The first kappa shape index (κ1) is 19.6. The van der Waals surface area contributed by atoms with Gasteiger partial charge in [0.2, 0.25) is 0 Å². The van der Waals surface area contributed by atoms with Gasteiger partial charge in [-0.25, -0.2) is 0 Å². The summed E-state index contributed by atoms with van der Waals surface area (Å²) < 4.78 is 6.43. The number of benzene rings is 3. The van der Waals surface area contributed by atoms with Crippen LogP contribution in [0.25, 0.3) is 0 Å². The van der Waals surface area contributed by atoms with Crippen LogP contribution in [0.5, 0.6) is 0 Å². The minimum atomic E-state index is -2.80. The molecule has 0 aliphatic carbocycles. The molecule has 3 aromatic carbocycles. The number of oxime groups is 1. The van der Waals surface area contributed by atoms with Crippen molar-refractivity contribution in [2.75, 3.05) is 0 Å². The highest BCUT2D eigenvalue weighted by molar-refractivity contribution is 7.07. The maximum absolute atomic E-state index is 9.18. The van der Waals surface area contributed by atoms with E-state index in [9.17, 15) is 5.26 Å². The molecule has 0 aliphatic rings. The van der Waals surface area contributed by atoms with Crippen molar-refractivity contribution >= 4 is 30.1 Å². The Labute approximate surface area is 168 Å². The lowest BCUT2D eigenvalue weighted by Gasteiger charge is -2.30. The van der Waals surface area contributed by atoms with Crippen LogP contribution in [-0.4, -0.2) is 14.5 Å². The number of nitrogens with zero attached hydrogens (tertiary/aromatic N) is 2. The molecule has 0 saturated heterocycles. The Balaban J connectivity index is 2.09. The molecular weight excluding hydrogens is 360 g/mol. The van der Waals surface area contributed by atoms with Gasteiger partial charge in [-0.2, -0.15) is 5.26 Å². The van der Waals surface area contributed by atoms with Crippen molar-refractivity contribution in [3.8, 4) is 6.07 Å². The van der Waals surface area contributed by atoms with E-state index in [1.54, 1.807) is 6.21 Å². The molecule has 4 heteroatoms. The number of nitriles is 1. The molecule has 0 aromatic heterocycles. The van der Waals surface area contributed by atoms with Crippen LogP contribution in [0, 0.1) is 17.2 Å². The van der Waals surface area contributed by atoms with Gasteiger partial charge >= 0.3 is 8.32 Å². The van der Waals surface area contributed by atoms with E-state index < -0.39 is 8.32 Å². The Kier molecular flexibility index (Phi) is 6.77. The Morgan fingerprint density at radius 2 is 1.29 bits per heavy atom. The van der Waals surface area contributed by atoms with Crippen molar-refractivity contribution in [2.45, 2.75) is 19.8 Å². The minimum Gasteiger partial charge on any atom is -0.438 e. The summed E-state index contributed by atoms with van der Waals surface area (Å²) in [4.78, 5) is 0. The first-order valence-corrected chi connectivity index (χ1v) is 11.5. The van der Waals surface area contributed by atoms with E-state index >= 15 is 0 Å². The lowest BCUT2D eigenvalue weighted by atomic mass is 10.1. The van der Waals surface area contributed by atoms with E-state index in [-0.39, 0.29) is 5.92 Å². The fraction of sp³-hybridized carbons (Fsp3) is 0.167. The topological polar surface area (TPSA) is 45.4 Å². The van der Waals surface area contributed by atoms with Gasteiger partial charge in [-0.3, -0.25) is 0 Å². The largest absolute Gasteiger partial charge is 0.438 e. The number of hydrogen-bond acceptors (Lipinski definition) is 3. The van der Waals surface area contributed by atoms with E-state index in [0.717, 1.165) is 22.0 Å². The summed E-state index contributed by atoms with van der Waals surface area (Å²) in [5.74, 6) is -0.0337. The van der Waals surface area contributed by atoms with Crippen molar-refractivity contribution in [2.24, 2.45) is 11.1 Å². The summed E-state index contributed by atoms with van der Waals surface area (Å²) in [5, 5.41) is 17.0. The third kappa shape index (κ3) is 4.21. The molecule has 0 spiro atoms. The van der Waals surface area contributed by atoms with Crippen LogP contribution >= 0.6 is 0 Å². The summed E-state index contributed by atoms with van der Waals surface area (Å²) in [6, 6.07) is 33.3. The second kappa shape index (κ2) is 9.68. The average molecular weight is 385 g/mol. The smallest absolute Gasteiger partial charge is 0.380 e. The molecule has 0 aliphatic heterocycles. The fourth-order valence-corrected chi connectivity index (χ4v) is 6.81. The zero-order valence-electron chi connectivity index (χ0n) is 16.0. The fourth-order valence-electron chi connectivity index (χ4n) is 3.27. The molecule has 0 amide bonds. The molecule has 28 heavy (non-hydrogen) atoms. The van der Waals surface area contributed by atoms with E-state index in [2.05, 4.69) is 47.6 Å². The average Bonchev–Trinajstić information content (AvgIpc) is 2.78. The summed E-state index contributed by atoms with van der Waals surface area (Å²) in [6.07, 6.45) is 3.14. The summed E-state index contributed by atoms with van der Waals surface area (Å²) in [6.45, 7) is 2.01. The van der Waals surface area contributed by atoms with Crippen molar-refractivity contribution in [1.29, 1.82) is 5.26 Å². The Bertz CT molecular complexity index is 824. The van der Waals surface area contributed by atoms with E-state index in [4.69, 9.17) is 4.53 Å². The normalized spacial score (nSPS) is 12.4. The first-order chi connectivity index (χ1) is 13.8. The van der Waals surface area contributed by atoms with Crippen LogP contribution in [0.2, 0.25) is 0 Å². The molecule has 0 saturated carbocycles. The summed E-state index contributed by atoms with van der Waals surface area (Å²) in [7, 11) is -2.80. The van der Waals surface area contributed by atoms with Crippen LogP contribution in [-0.2, 0) is 4.53 Å². The maximum Gasteiger partial charge on any atom is 0.380 e. The van der Waals surface area contributed by atoms with E-state index in [1.807, 2.05) is 61.5 Å². The Hall–Kier alpha value is -3.16. The van der Waals surface area contributed by atoms with Gasteiger partial charge in [-0.15, -0.1) is 5.16 Å². The number of rotatable bonds is 8. The molecule has 3 aromatic rings. The van der Waals surface area contributed by atoms with Crippen LogP contribution in [0.1, 0.15) is 19.8 Å². The highest BCUT2D eigenvalue weighted by Gasteiger charge is 2.44. The molecule has 1 atom stereocenters. The van der Waals surface area contributed by atoms with Crippen LogP contribution in [0.3, 0.4) is 0 Å².